The van der Waals surface area contributed by atoms with Gasteiger partial charge in [-0.05, 0) is 60.2 Å². The maximum absolute atomic E-state index is 14.1. The first kappa shape index (κ1) is 17.2. The van der Waals surface area contributed by atoms with E-state index in [9.17, 15) is 14.4 Å². The predicted octanol–water partition coefficient (Wildman–Crippen LogP) is 3.49. The van der Waals surface area contributed by atoms with Crippen molar-refractivity contribution in [3.63, 3.8) is 0 Å². The second-order valence-corrected chi connectivity index (χ2v) is 7.28. The van der Waals surface area contributed by atoms with E-state index in [2.05, 4.69) is 5.16 Å². The summed E-state index contributed by atoms with van der Waals surface area (Å²) in [4.78, 5) is 14.4. The molecule has 1 unspecified atom stereocenters. The molecular weight excluding hydrogens is 359 g/mol. The number of hydrogen-bond acceptors (Lipinski definition) is 4. The SMILES string of the molecule is CC1=C2C(CC(Cl)=C1)/C(=N/O)C(=O)N2Cc1cc(F)cc2c1CCOC2. The molecule has 0 aromatic heterocycles. The van der Waals surface area contributed by atoms with Crippen molar-refractivity contribution in [1.82, 2.24) is 4.90 Å². The van der Waals surface area contributed by atoms with Crippen LogP contribution in [0, 0.1) is 11.7 Å². The lowest BCUT2D eigenvalue weighted by atomic mass is 9.91. The minimum absolute atomic E-state index is 0.0826. The number of hydrogen-bond donors (Lipinski definition) is 1. The van der Waals surface area contributed by atoms with Crippen molar-refractivity contribution in [3.8, 4) is 0 Å². The van der Waals surface area contributed by atoms with Gasteiger partial charge in [-0.15, -0.1) is 0 Å². The molecule has 1 amide bonds. The number of fused-ring (bicyclic) bond motifs is 2. The summed E-state index contributed by atoms with van der Waals surface area (Å²) in [7, 11) is 0. The fourth-order valence-electron chi connectivity index (χ4n) is 4.10. The fraction of sp³-hybridized carbons (Fsp3) is 0.368. The molecule has 1 saturated heterocycles. The lowest BCUT2D eigenvalue weighted by Gasteiger charge is -2.27. The normalized spacial score (nSPS) is 24.0. The molecule has 5 nitrogen and oxygen atoms in total. The summed E-state index contributed by atoms with van der Waals surface area (Å²) in [6.07, 6.45) is 2.93. The summed E-state index contributed by atoms with van der Waals surface area (Å²) in [6.45, 7) is 3.05. The van der Waals surface area contributed by atoms with Crippen LogP contribution in [0.3, 0.4) is 0 Å². The third-order valence-electron chi connectivity index (χ3n) is 5.18. The van der Waals surface area contributed by atoms with E-state index in [1.54, 1.807) is 4.90 Å². The third kappa shape index (κ3) is 2.73. The van der Waals surface area contributed by atoms with Crippen molar-refractivity contribution in [2.75, 3.05) is 6.61 Å². The molecule has 0 spiro atoms. The number of benzene rings is 1. The highest BCUT2D eigenvalue weighted by molar-refractivity contribution is 6.43. The Morgan fingerprint density at radius 3 is 3.04 bits per heavy atom. The first-order chi connectivity index (χ1) is 12.5. The Bertz CT molecular complexity index is 891. The van der Waals surface area contributed by atoms with E-state index in [0.717, 1.165) is 28.0 Å². The van der Waals surface area contributed by atoms with Gasteiger partial charge in [-0.3, -0.25) is 4.79 Å². The average Bonchev–Trinajstić information content (AvgIpc) is 2.86. The predicted molar refractivity (Wildman–Crippen MR) is 94.3 cm³/mol. The summed E-state index contributed by atoms with van der Waals surface area (Å²) in [6, 6.07) is 2.96. The van der Waals surface area contributed by atoms with Crippen LogP contribution in [0.5, 0.6) is 0 Å². The summed E-state index contributed by atoms with van der Waals surface area (Å²) in [5.74, 6) is -1.07. The van der Waals surface area contributed by atoms with E-state index < -0.39 is 0 Å². The highest BCUT2D eigenvalue weighted by Gasteiger charge is 2.44. The molecular formula is C19H18ClFN2O3. The van der Waals surface area contributed by atoms with Gasteiger partial charge in [0.15, 0.2) is 5.71 Å². The van der Waals surface area contributed by atoms with Crippen molar-refractivity contribution < 1.29 is 19.1 Å². The molecule has 1 fully saturated rings. The molecule has 1 atom stereocenters. The zero-order valence-electron chi connectivity index (χ0n) is 14.3. The Labute approximate surface area is 155 Å². The molecule has 2 heterocycles. The number of allylic oxidation sites excluding steroid dienone is 4. The largest absolute Gasteiger partial charge is 0.410 e. The number of carbonyl (C=O) groups excluding carboxylic acids is 1. The highest BCUT2D eigenvalue weighted by atomic mass is 35.5. The maximum Gasteiger partial charge on any atom is 0.276 e. The van der Waals surface area contributed by atoms with Gasteiger partial charge >= 0.3 is 0 Å². The monoisotopic (exact) mass is 376 g/mol. The number of likely N-dealkylation sites (tertiary alicyclic amines) is 1. The first-order valence-electron chi connectivity index (χ1n) is 8.48. The Morgan fingerprint density at radius 2 is 2.27 bits per heavy atom. The summed E-state index contributed by atoms with van der Waals surface area (Å²) in [5.41, 5.74) is 4.32. The van der Waals surface area contributed by atoms with Crippen LogP contribution < -0.4 is 0 Å². The highest BCUT2D eigenvalue weighted by Crippen LogP contribution is 2.40. The Balaban J connectivity index is 1.78. The van der Waals surface area contributed by atoms with E-state index in [-0.39, 0.29) is 29.9 Å². The second kappa shape index (κ2) is 6.52. The molecule has 7 heteroatoms. The Morgan fingerprint density at radius 1 is 1.46 bits per heavy atom. The Kier molecular flexibility index (Phi) is 4.32. The van der Waals surface area contributed by atoms with Crippen molar-refractivity contribution in [2.24, 2.45) is 11.1 Å². The minimum atomic E-state index is -0.364. The van der Waals surface area contributed by atoms with E-state index in [1.165, 1.54) is 12.1 Å². The van der Waals surface area contributed by atoms with Gasteiger partial charge in [-0.2, -0.15) is 0 Å². The van der Waals surface area contributed by atoms with Gasteiger partial charge in [0.25, 0.3) is 5.91 Å². The van der Waals surface area contributed by atoms with Crippen molar-refractivity contribution >= 4 is 23.2 Å². The van der Waals surface area contributed by atoms with Crippen LogP contribution >= 0.6 is 11.6 Å². The number of ether oxygens (including phenoxy) is 1. The number of nitrogens with zero attached hydrogens (tertiary/aromatic N) is 2. The number of oxime groups is 1. The van der Waals surface area contributed by atoms with Gasteiger partial charge in [-0.1, -0.05) is 16.8 Å². The molecule has 0 bridgehead atoms. The van der Waals surface area contributed by atoms with Crippen LogP contribution in [-0.4, -0.2) is 28.3 Å². The van der Waals surface area contributed by atoms with Gasteiger partial charge < -0.3 is 14.8 Å². The van der Waals surface area contributed by atoms with Gasteiger partial charge in [0.2, 0.25) is 0 Å². The fourth-order valence-corrected chi connectivity index (χ4v) is 4.42. The van der Waals surface area contributed by atoms with Gasteiger partial charge in [0.1, 0.15) is 5.82 Å². The summed E-state index contributed by atoms with van der Waals surface area (Å²) < 4.78 is 19.5. The lowest BCUT2D eigenvalue weighted by Crippen LogP contribution is -2.28. The molecule has 1 aromatic carbocycles. The van der Waals surface area contributed by atoms with Crippen LogP contribution in [0.4, 0.5) is 4.39 Å². The van der Waals surface area contributed by atoms with Crippen LogP contribution in [0.15, 0.2) is 39.7 Å². The van der Waals surface area contributed by atoms with E-state index in [4.69, 9.17) is 16.3 Å². The standard InChI is InChI=1S/C19H18ClFN2O3/c1-10-4-13(20)7-16-17(22-25)19(24)23(18(10)16)8-11-5-14(21)6-12-9-26-3-2-15(11)12/h4-6,16,25H,2-3,7-9H2,1H3/b22-17-. The van der Waals surface area contributed by atoms with Crippen LogP contribution in [-0.2, 0) is 29.1 Å². The van der Waals surface area contributed by atoms with Gasteiger partial charge in [0.05, 0.1) is 25.7 Å². The molecule has 136 valence electrons. The third-order valence-corrected chi connectivity index (χ3v) is 5.44. The zero-order valence-corrected chi connectivity index (χ0v) is 15.0. The molecule has 1 aromatic rings. The van der Waals surface area contributed by atoms with Crippen molar-refractivity contribution in [3.05, 3.63) is 57.0 Å². The summed E-state index contributed by atoms with van der Waals surface area (Å²) in [5, 5.41) is 13.2. The molecule has 1 N–H and O–H groups in total. The average molecular weight is 377 g/mol. The molecule has 26 heavy (non-hydrogen) atoms. The van der Waals surface area contributed by atoms with Crippen molar-refractivity contribution in [2.45, 2.75) is 32.9 Å². The van der Waals surface area contributed by atoms with E-state index in [0.29, 0.717) is 31.1 Å². The number of rotatable bonds is 2. The lowest BCUT2D eigenvalue weighted by molar-refractivity contribution is -0.121. The van der Waals surface area contributed by atoms with E-state index >= 15 is 0 Å². The minimum Gasteiger partial charge on any atom is -0.410 e. The van der Waals surface area contributed by atoms with Crippen LogP contribution in [0.1, 0.15) is 30.0 Å². The molecule has 1 aliphatic carbocycles. The maximum atomic E-state index is 14.1. The summed E-state index contributed by atoms with van der Waals surface area (Å²) >= 11 is 6.17. The van der Waals surface area contributed by atoms with Crippen molar-refractivity contribution in [1.29, 1.82) is 0 Å². The molecule has 4 rings (SSSR count). The molecule has 2 aliphatic heterocycles. The van der Waals surface area contributed by atoms with Crippen LogP contribution in [0.2, 0.25) is 0 Å². The number of carbonyl (C=O) groups is 1. The van der Waals surface area contributed by atoms with Gasteiger partial charge in [-0.25, -0.2) is 4.39 Å². The quantitative estimate of drug-likeness (QED) is 0.635. The van der Waals surface area contributed by atoms with Crippen LogP contribution in [0.25, 0.3) is 0 Å². The number of halogens is 2. The van der Waals surface area contributed by atoms with E-state index in [1.807, 2.05) is 13.0 Å². The topological polar surface area (TPSA) is 62.1 Å². The smallest absolute Gasteiger partial charge is 0.276 e. The number of amides is 1. The molecule has 0 saturated carbocycles. The Hall–Kier alpha value is -2.18. The second-order valence-electron chi connectivity index (χ2n) is 6.80. The van der Waals surface area contributed by atoms with Gasteiger partial charge in [0, 0.05) is 10.7 Å². The molecule has 3 aliphatic rings. The molecule has 0 radical (unpaired) electrons. The zero-order chi connectivity index (χ0) is 18.4. The first-order valence-corrected chi connectivity index (χ1v) is 8.86.